The molecule has 1 aromatic heterocycles. The third-order valence-corrected chi connectivity index (χ3v) is 3.06. The van der Waals surface area contributed by atoms with Gasteiger partial charge in [-0.15, -0.1) is 0 Å². The van der Waals surface area contributed by atoms with Gasteiger partial charge >= 0.3 is 6.18 Å². The number of nitrogens with two attached hydrogens (primary N) is 1. The minimum atomic E-state index is -4.40. The predicted octanol–water partition coefficient (Wildman–Crippen LogP) is 3.79. The fourth-order valence-corrected chi connectivity index (χ4v) is 2.13. The zero-order valence-corrected chi connectivity index (χ0v) is 11.8. The first kappa shape index (κ1) is 15.2. The number of aromatic nitrogens is 1. The van der Waals surface area contributed by atoms with E-state index in [1.807, 2.05) is 0 Å². The highest BCUT2D eigenvalue weighted by molar-refractivity contribution is 7.80. The number of aryl methyl sites for hydroxylation is 1. The van der Waals surface area contributed by atoms with Crippen LogP contribution in [-0.4, -0.2) is 9.97 Å². The van der Waals surface area contributed by atoms with Crippen LogP contribution in [-0.2, 0) is 6.18 Å². The van der Waals surface area contributed by atoms with E-state index in [0.29, 0.717) is 11.4 Å². The van der Waals surface area contributed by atoms with E-state index in [1.165, 1.54) is 18.3 Å². The normalized spacial score (nSPS) is 11.2. The van der Waals surface area contributed by atoms with Gasteiger partial charge in [0.25, 0.3) is 0 Å². The standard InChI is InChI=1S/C14H12F3N3S/c1-8-5-6-19-13(11(8)12(18)21)20-10-4-2-3-9(7-10)14(15,16)17/h2-7H,1H3,(H2,18,21)(H,19,20). The molecule has 0 aliphatic carbocycles. The Morgan fingerprint density at radius 3 is 2.62 bits per heavy atom. The van der Waals surface area contributed by atoms with Gasteiger partial charge in [0.15, 0.2) is 0 Å². The molecule has 3 nitrogen and oxygen atoms in total. The number of nitrogens with zero attached hydrogens (tertiary/aromatic N) is 1. The molecule has 0 unspecified atom stereocenters. The number of hydrogen-bond acceptors (Lipinski definition) is 3. The molecule has 7 heteroatoms. The lowest BCUT2D eigenvalue weighted by molar-refractivity contribution is -0.137. The van der Waals surface area contributed by atoms with Crippen molar-refractivity contribution < 1.29 is 13.2 Å². The van der Waals surface area contributed by atoms with E-state index in [0.717, 1.165) is 17.7 Å². The van der Waals surface area contributed by atoms with Gasteiger partial charge in [-0.05, 0) is 36.8 Å². The van der Waals surface area contributed by atoms with Crippen LogP contribution in [0.4, 0.5) is 24.7 Å². The summed E-state index contributed by atoms with van der Waals surface area (Å²) in [5, 5.41) is 2.83. The molecule has 0 atom stereocenters. The number of thiocarbonyl (C=S) groups is 1. The van der Waals surface area contributed by atoms with E-state index in [9.17, 15) is 13.2 Å². The number of nitrogens with one attached hydrogen (secondary N) is 1. The van der Waals surface area contributed by atoms with Crippen LogP contribution >= 0.6 is 12.2 Å². The quantitative estimate of drug-likeness (QED) is 0.847. The van der Waals surface area contributed by atoms with Crippen LogP contribution in [0, 0.1) is 6.92 Å². The average Bonchev–Trinajstić information content (AvgIpc) is 2.37. The summed E-state index contributed by atoms with van der Waals surface area (Å²) in [6, 6.07) is 6.58. The Balaban J connectivity index is 2.40. The smallest absolute Gasteiger partial charge is 0.389 e. The zero-order chi connectivity index (χ0) is 15.6. The summed E-state index contributed by atoms with van der Waals surface area (Å²) in [6.07, 6.45) is -2.86. The Morgan fingerprint density at radius 2 is 2.00 bits per heavy atom. The molecule has 0 saturated heterocycles. The van der Waals surface area contributed by atoms with Crippen molar-refractivity contribution in [3.63, 3.8) is 0 Å². The number of hydrogen-bond donors (Lipinski definition) is 2. The Morgan fingerprint density at radius 1 is 1.29 bits per heavy atom. The van der Waals surface area contributed by atoms with Gasteiger partial charge < -0.3 is 11.1 Å². The molecular formula is C14H12F3N3S. The first-order valence-electron chi connectivity index (χ1n) is 5.98. The molecule has 0 amide bonds. The molecule has 0 bridgehead atoms. The highest BCUT2D eigenvalue weighted by Crippen LogP contribution is 2.31. The van der Waals surface area contributed by atoms with Crippen LogP contribution < -0.4 is 11.1 Å². The number of pyridine rings is 1. The Kier molecular flexibility index (Phi) is 4.13. The lowest BCUT2D eigenvalue weighted by Crippen LogP contribution is -2.15. The van der Waals surface area contributed by atoms with Crippen molar-refractivity contribution in [2.45, 2.75) is 13.1 Å². The molecule has 0 aliphatic rings. The maximum atomic E-state index is 12.7. The Labute approximate surface area is 125 Å². The van der Waals surface area contributed by atoms with E-state index >= 15 is 0 Å². The molecule has 0 radical (unpaired) electrons. The van der Waals surface area contributed by atoms with Crippen molar-refractivity contribution in [3.8, 4) is 0 Å². The van der Waals surface area contributed by atoms with Crippen molar-refractivity contribution in [2.24, 2.45) is 5.73 Å². The minimum absolute atomic E-state index is 0.134. The third kappa shape index (κ3) is 3.49. The summed E-state index contributed by atoms with van der Waals surface area (Å²) in [4.78, 5) is 4.22. The summed E-state index contributed by atoms with van der Waals surface area (Å²) in [6.45, 7) is 1.80. The summed E-state index contributed by atoms with van der Waals surface area (Å²) >= 11 is 4.96. The lowest BCUT2D eigenvalue weighted by atomic mass is 10.1. The fraction of sp³-hybridized carbons (Fsp3) is 0.143. The summed E-state index contributed by atoms with van der Waals surface area (Å²) in [5.74, 6) is 0.335. The highest BCUT2D eigenvalue weighted by atomic mass is 32.1. The molecule has 3 N–H and O–H groups in total. The maximum absolute atomic E-state index is 12.7. The molecule has 110 valence electrons. The second-order valence-corrected chi connectivity index (χ2v) is 4.86. The molecule has 0 saturated carbocycles. The SMILES string of the molecule is Cc1ccnc(Nc2cccc(C(F)(F)F)c2)c1C(N)=S. The fourth-order valence-electron chi connectivity index (χ4n) is 1.87. The van der Waals surface area contributed by atoms with Gasteiger partial charge in [0.2, 0.25) is 0 Å². The maximum Gasteiger partial charge on any atom is 0.416 e. The number of alkyl halides is 3. The van der Waals surface area contributed by atoms with Crippen molar-refractivity contribution in [1.29, 1.82) is 0 Å². The molecular weight excluding hydrogens is 299 g/mol. The molecule has 2 rings (SSSR count). The molecule has 1 aromatic carbocycles. The predicted molar refractivity (Wildman–Crippen MR) is 79.6 cm³/mol. The van der Waals surface area contributed by atoms with Crippen molar-refractivity contribution in [2.75, 3.05) is 5.32 Å². The van der Waals surface area contributed by atoms with Gasteiger partial charge in [0.05, 0.1) is 11.1 Å². The van der Waals surface area contributed by atoms with Crippen molar-refractivity contribution in [3.05, 3.63) is 53.2 Å². The van der Waals surface area contributed by atoms with Crippen LogP contribution in [0.5, 0.6) is 0 Å². The van der Waals surface area contributed by atoms with Gasteiger partial charge in [0, 0.05) is 11.9 Å². The van der Waals surface area contributed by atoms with Crippen molar-refractivity contribution in [1.82, 2.24) is 4.98 Å². The van der Waals surface area contributed by atoms with Crippen LogP contribution in [0.2, 0.25) is 0 Å². The largest absolute Gasteiger partial charge is 0.416 e. The monoisotopic (exact) mass is 311 g/mol. The van der Waals surface area contributed by atoms with Gasteiger partial charge in [-0.2, -0.15) is 13.2 Å². The second kappa shape index (κ2) is 5.69. The van der Waals surface area contributed by atoms with E-state index in [-0.39, 0.29) is 10.7 Å². The third-order valence-electron chi connectivity index (χ3n) is 2.86. The second-order valence-electron chi connectivity index (χ2n) is 4.42. The molecule has 0 aliphatic heterocycles. The van der Waals surface area contributed by atoms with E-state index in [4.69, 9.17) is 18.0 Å². The zero-order valence-electron chi connectivity index (χ0n) is 11.0. The molecule has 0 spiro atoms. The Bertz CT molecular complexity index is 683. The number of benzene rings is 1. The van der Waals surface area contributed by atoms with Gasteiger partial charge in [-0.3, -0.25) is 0 Å². The highest BCUT2D eigenvalue weighted by Gasteiger charge is 2.30. The minimum Gasteiger partial charge on any atom is -0.389 e. The average molecular weight is 311 g/mol. The summed E-state index contributed by atoms with van der Waals surface area (Å²) in [7, 11) is 0. The van der Waals surface area contributed by atoms with Crippen molar-refractivity contribution >= 4 is 28.7 Å². The van der Waals surface area contributed by atoms with E-state index in [1.54, 1.807) is 13.0 Å². The molecule has 21 heavy (non-hydrogen) atoms. The topological polar surface area (TPSA) is 50.9 Å². The van der Waals surface area contributed by atoms with Crippen LogP contribution in [0.15, 0.2) is 36.5 Å². The summed E-state index contributed by atoms with van der Waals surface area (Å²) < 4.78 is 38.1. The molecule has 2 aromatic rings. The summed E-state index contributed by atoms with van der Waals surface area (Å²) in [5.41, 5.74) is 6.48. The van der Waals surface area contributed by atoms with Gasteiger partial charge in [-0.1, -0.05) is 18.3 Å². The van der Waals surface area contributed by atoms with Crippen LogP contribution in [0.3, 0.4) is 0 Å². The van der Waals surface area contributed by atoms with Crippen LogP contribution in [0.1, 0.15) is 16.7 Å². The molecule has 1 heterocycles. The van der Waals surface area contributed by atoms with E-state index < -0.39 is 11.7 Å². The van der Waals surface area contributed by atoms with Crippen LogP contribution in [0.25, 0.3) is 0 Å². The number of anilines is 2. The first-order valence-corrected chi connectivity index (χ1v) is 6.39. The number of halogens is 3. The van der Waals surface area contributed by atoms with E-state index in [2.05, 4.69) is 10.3 Å². The Hall–Kier alpha value is -2.15. The lowest BCUT2D eigenvalue weighted by Gasteiger charge is -2.13. The molecule has 0 fully saturated rings. The number of rotatable bonds is 3. The van der Waals surface area contributed by atoms with Gasteiger partial charge in [0.1, 0.15) is 10.8 Å². The van der Waals surface area contributed by atoms with Gasteiger partial charge in [-0.25, -0.2) is 4.98 Å². The first-order chi connectivity index (χ1) is 9.79.